The van der Waals surface area contributed by atoms with Crippen LogP contribution >= 0.6 is 11.6 Å². The molecule has 12 heteroatoms. The second-order valence-electron chi connectivity index (χ2n) is 6.11. The Balaban J connectivity index is 2.76. The van der Waals surface area contributed by atoms with E-state index in [1.54, 1.807) is 0 Å². The van der Waals surface area contributed by atoms with Gasteiger partial charge in [0, 0.05) is 23.1 Å². The molecule has 0 atom stereocenters. The van der Waals surface area contributed by atoms with Gasteiger partial charge in [-0.25, -0.2) is 4.98 Å². The zero-order valence-electron chi connectivity index (χ0n) is 16.4. The maximum absolute atomic E-state index is 13.3. The molecule has 2 rings (SSSR count). The lowest BCUT2D eigenvalue weighted by atomic mass is 9.78. The predicted molar refractivity (Wildman–Crippen MR) is 99.7 cm³/mol. The normalized spacial score (nSPS) is 11.6. The van der Waals surface area contributed by atoms with Crippen molar-refractivity contribution in [3.63, 3.8) is 0 Å². The summed E-state index contributed by atoms with van der Waals surface area (Å²) in [6.07, 6.45) is -5.98. The van der Waals surface area contributed by atoms with Gasteiger partial charge >= 0.3 is 18.1 Å². The Bertz CT molecular complexity index is 979. The molecule has 1 heterocycles. The molecule has 0 unspecified atom stereocenters. The lowest BCUT2D eigenvalue weighted by molar-refractivity contribution is -0.163. The lowest BCUT2D eigenvalue weighted by Crippen LogP contribution is -2.48. The van der Waals surface area contributed by atoms with E-state index >= 15 is 0 Å². The number of hydrogen-bond acceptors (Lipinski definition) is 8. The summed E-state index contributed by atoms with van der Waals surface area (Å²) in [4.78, 5) is 44.9. The van der Waals surface area contributed by atoms with Crippen LogP contribution in [0, 0.1) is 0 Å². The van der Waals surface area contributed by atoms with E-state index < -0.39 is 53.1 Å². The molecule has 166 valence electrons. The van der Waals surface area contributed by atoms with Crippen LogP contribution in [0.2, 0.25) is 5.02 Å². The molecular weight excluding hydrogens is 445 g/mol. The lowest BCUT2D eigenvalue weighted by Gasteiger charge is -2.27. The van der Waals surface area contributed by atoms with Gasteiger partial charge in [-0.05, 0) is 24.3 Å². The van der Waals surface area contributed by atoms with E-state index in [-0.39, 0.29) is 5.56 Å². The number of methoxy groups -OCH3 is 3. The largest absolute Gasteiger partial charge is 0.481 e. The Hall–Kier alpha value is -3.21. The first-order valence-electron chi connectivity index (χ1n) is 8.46. The van der Waals surface area contributed by atoms with Crippen LogP contribution in [0.25, 0.3) is 0 Å². The first-order chi connectivity index (χ1) is 14.5. The summed E-state index contributed by atoms with van der Waals surface area (Å²) in [5.41, 5.74) is -3.39. The van der Waals surface area contributed by atoms with Crippen molar-refractivity contribution < 1.29 is 41.8 Å². The van der Waals surface area contributed by atoms with Gasteiger partial charge in [0.2, 0.25) is 17.1 Å². The molecule has 1 aromatic carbocycles. The number of hydrogen-bond donors (Lipinski definition) is 0. The minimum atomic E-state index is -5.04. The molecule has 2 aromatic rings. The number of benzene rings is 1. The molecule has 0 aliphatic heterocycles. The Morgan fingerprint density at radius 1 is 0.968 bits per heavy atom. The van der Waals surface area contributed by atoms with Crippen LogP contribution in [0.4, 0.5) is 13.2 Å². The monoisotopic (exact) mass is 460 g/mol. The number of aromatic nitrogens is 2. The van der Waals surface area contributed by atoms with Crippen molar-refractivity contribution in [3.8, 4) is 5.88 Å². The highest BCUT2D eigenvalue weighted by Crippen LogP contribution is 2.36. The van der Waals surface area contributed by atoms with E-state index in [2.05, 4.69) is 19.4 Å². The number of ketones is 1. The van der Waals surface area contributed by atoms with Crippen molar-refractivity contribution in [1.29, 1.82) is 0 Å². The number of rotatable bonds is 7. The highest BCUT2D eigenvalue weighted by atomic mass is 35.5. The summed E-state index contributed by atoms with van der Waals surface area (Å²) >= 11 is 5.79. The van der Waals surface area contributed by atoms with Crippen LogP contribution in [0.3, 0.4) is 0 Å². The summed E-state index contributed by atoms with van der Waals surface area (Å²) in [6.45, 7) is 0. The second-order valence-corrected chi connectivity index (χ2v) is 6.55. The smallest absolute Gasteiger partial charge is 0.451 e. The Labute approximate surface area is 179 Å². The molecule has 0 radical (unpaired) electrons. The molecule has 0 N–H and O–H groups in total. The molecule has 0 aliphatic carbocycles. The molecule has 0 saturated heterocycles. The summed E-state index contributed by atoms with van der Waals surface area (Å²) in [7, 11) is 2.83. The van der Waals surface area contributed by atoms with Gasteiger partial charge in [-0.15, -0.1) is 0 Å². The summed E-state index contributed by atoms with van der Waals surface area (Å²) < 4.78 is 54.0. The molecule has 0 aliphatic rings. The van der Waals surface area contributed by atoms with Gasteiger partial charge in [0.15, 0.2) is 5.78 Å². The Morgan fingerprint density at radius 3 is 1.97 bits per heavy atom. The molecule has 31 heavy (non-hydrogen) atoms. The topological polar surface area (TPSA) is 105 Å². The van der Waals surface area contributed by atoms with Crippen molar-refractivity contribution in [3.05, 3.63) is 52.4 Å². The molecule has 0 saturated carbocycles. The van der Waals surface area contributed by atoms with Gasteiger partial charge in [-0.3, -0.25) is 14.4 Å². The van der Waals surface area contributed by atoms with Crippen LogP contribution in [-0.2, 0) is 30.7 Å². The number of halogens is 4. The number of carbonyl (C=O) groups is 3. The standard InChI is InChI=1S/C19H16ClF3N2O6/c1-29-14-8-13(24-15(25-14)19(21,22)23)18(16(27)30-2,17(28)31-3)9-12(26)10-4-6-11(20)7-5-10/h4-8H,9H2,1-3H3. The van der Waals surface area contributed by atoms with Crippen LogP contribution in [0.1, 0.15) is 28.3 Å². The number of ether oxygens (including phenoxy) is 3. The number of Topliss-reactive ketones (excluding diaryl/α,β-unsaturated/α-hetero) is 1. The first kappa shape index (κ1) is 24.1. The minimum Gasteiger partial charge on any atom is -0.481 e. The average Bonchev–Trinajstić information content (AvgIpc) is 2.75. The van der Waals surface area contributed by atoms with Crippen molar-refractivity contribution >= 4 is 29.3 Å². The zero-order chi connectivity index (χ0) is 23.4. The number of carbonyl (C=O) groups excluding carboxylic acids is 3. The highest BCUT2D eigenvalue weighted by Gasteiger charge is 2.54. The SMILES string of the molecule is COC(=O)C(CC(=O)c1ccc(Cl)cc1)(C(=O)OC)c1cc(OC)nc(C(F)(F)F)n1. The highest BCUT2D eigenvalue weighted by molar-refractivity contribution is 6.30. The Kier molecular flexibility index (Phi) is 7.21. The summed E-state index contributed by atoms with van der Waals surface area (Å²) in [5.74, 6) is -5.75. The van der Waals surface area contributed by atoms with E-state index in [0.29, 0.717) is 5.02 Å². The quantitative estimate of drug-likeness (QED) is 0.353. The van der Waals surface area contributed by atoms with Crippen molar-refractivity contribution in [2.75, 3.05) is 21.3 Å². The van der Waals surface area contributed by atoms with Gasteiger partial charge in [0.1, 0.15) is 0 Å². The molecule has 0 bridgehead atoms. The summed E-state index contributed by atoms with van der Waals surface area (Å²) in [5, 5.41) is 0.319. The third kappa shape index (κ3) is 4.93. The predicted octanol–water partition coefficient (Wildman–Crippen LogP) is 3.01. The molecule has 0 spiro atoms. The minimum absolute atomic E-state index is 0.0404. The number of nitrogens with zero attached hydrogens (tertiary/aromatic N) is 2. The average molecular weight is 461 g/mol. The van der Waals surface area contributed by atoms with Crippen molar-refractivity contribution in [2.45, 2.75) is 18.0 Å². The van der Waals surface area contributed by atoms with Gasteiger partial charge in [0.25, 0.3) is 0 Å². The van der Waals surface area contributed by atoms with E-state index in [4.69, 9.17) is 16.3 Å². The van der Waals surface area contributed by atoms with Gasteiger partial charge in [-0.2, -0.15) is 18.2 Å². The van der Waals surface area contributed by atoms with Crippen LogP contribution < -0.4 is 4.74 Å². The maximum atomic E-state index is 13.3. The molecule has 1 aromatic heterocycles. The van der Waals surface area contributed by atoms with Gasteiger partial charge in [-0.1, -0.05) is 11.6 Å². The number of alkyl halides is 3. The molecular formula is C19H16ClF3N2O6. The molecule has 0 fully saturated rings. The van der Waals surface area contributed by atoms with Gasteiger partial charge in [0.05, 0.1) is 27.0 Å². The fourth-order valence-corrected chi connectivity index (χ4v) is 2.86. The molecule has 0 amide bonds. The molecule has 8 nitrogen and oxygen atoms in total. The van der Waals surface area contributed by atoms with Crippen molar-refractivity contribution in [2.24, 2.45) is 0 Å². The zero-order valence-corrected chi connectivity index (χ0v) is 17.2. The van der Waals surface area contributed by atoms with Crippen LogP contribution in [0.15, 0.2) is 30.3 Å². The fourth-order valence-electron chi connectivity index (χ4n) is 2.73. The van der Waals surface area contributed by atoms with Crippen LogP contribution in [-0.4, -0.2) is 49.0 Å². The third-order valence-electron chi connectivity index (χ3n) is 4.26. The number of esters is 2. The van der Waals surface area contributed by atoms with Gasteiger partial charge < -0.3 is 14.2 Å². The van der Waals surface area contributed by atoms with Crippen LogP contribution in [0.5, 0.6) is 5.88 Å². The Morgan fingerprint density at radius 2 is 1.52 bits per heavy atom. The van der Waals surface area contributed by atoms with E-state index in [1.807, 2.05) is 0 Å². The fraction of sp³-hybridized carbons (Fsp3) is 0.316. The second kappa shape index (κ2) is 9.29. The summed E-state index contributed by atoms with van der Waals surface area (Å²) in [6, 6.07) is 6.26. The first-order valence-corrected chi connectivity index (χ1v) is 8.83. The van der Waals surface area contributed by atoms with E-state index in [1.165, 1.54) is 24.3 Å². The third-order valence-corrected chi connectivity index (χ3v) is 4.51. The van der Waals surface area contributed by atoms with E-state index in [0.717, 1.165) is 27.4 Å². The van der Waals surface area contributed by atoms with E-state index in [9.17, 15) is 27.6 Å². The maximum Gasteiger partial charge on any atom is 0.451 e. The van der Waals surface area contributed by atoms with Crippen molar-refractivity contribution in [1.82, 2.24) is 9.97 Å².